The van der Waals surface area contributed by atoms with E-state index in [-0.39, 0.29) is 0 Å². The minimum Gasteiger partial charge on any atom is -0.468 e. The molecule has 0 fully saturated rings. The lowest BCUT2D eigenvalue weighted by atomic mass is 10.3. The van der Waals surface area contributed by atoms with Crippen LogP contribution in [0.4, 0.5) is 0 Å². The summed E-state index contributed by atoms with van der Waals surface area (Å²) in [6.45, 7) is 3.60. The average Bonchev–Trinajstić information content (AvgIpc) is 2.54. The Balaban J connectivity index is 2.31. The molecule has 1 heterocycles. The molecule has 5 heteroatoms. The van der Waals surface area contributed by atoms with Gasteiger partial charge in [0.15, 0.2) is 0 Å². The van der Waals surface area contributed by atoms with Gasteiger partial charge in [-0.15, -0.1) is 0 Å². The summed E-state index contributed by atoms with van der Waals surface area (Å²) in [5.74, 6) is 0.895. The summed E-state index contributed by atoms with van der Waals surface area (Å²) in [4.78, 5) is 4.23. The van der Waals surface area contributed by atoms with Crippen LogP contribution in [-0.2, 0) is 6.42 Å². The molecule has 0 unspecified atom stereocenters. The third-order valence-corrected chi connectivity index (χ3v) is 2.17. The van der Waals surface area contributed by atoms with E-state index in [1.165, 1.54) is 11.5 Å². The summed E-state index contributed by atoms with van der Waals surface area (Å²) in [6, 6.07) is 0. The van der Waals surface area contributed by atoms with Crippen molar-refractivity contribution in [1.29, 1.82) is 0 Å². The van der Waals surface area contributed by atoms with Gasteiger partial charge in [0.05, 0.1) is 0 Å². The maximum Gasteiger partial charge on any atom is 0.293 e. The van der Waals surface area contributed by atoms with Crippen LogP contribution in [0.15, 0.2) is 0 Å². The van der Waals surface area contributed by atoms with Crippen LogP contribution in [0.1, 0.15) is 19.2 Å². The zero-order chi connectivity index (χ0) is 9.52. The highest BCUT2D eigenvalue weighted by atomic mass is 32.1. The second-order valence-corrected chi connectivity index (χ2v) is 3.39. The molecule has 13 heavy (non-hydrogen) atoms. The number of nitrogens with zero attached hydrogens (tertiary/aromatic N) is 2. The van der Waals surface area contributed by atoms with Gasteiger partial charge in [-0.05, 0) is 13.5 Å². The Kier molecular flexibility index (Phi) is 4.70. The molecule has 0 aromatic carbocycles. The Morgan fingerprint density at radius 1 is 1.54 bits per heavy atom. The van der Waals surface area contributed by atoms with Crippen molar-refractivity contribution < 1.29 is 4.74 Å². The van der Waals surface area contributed by atoms with Crippen molar-refractivity contribution >= 4 is 11.5 Å². The summed E-state index contributed by atoms with van der Waals surface area (Å²) in [5, 5.41) is 3.68. The molecule has 0 radical (unpaired) electrons. The van der Waals surface area contributed by atoms with Crippen LogP contribution in [0, 0.1) is 0 Å². The summed E-state index contributed by atoms with van der Waals surface area (Å²) in [7, 11) is 1.89. The summed E-state index contributed by atoms with van der Waals surface area (Å²) >= 11 is 1.33. The SMILES string of the molecule is CCCc1nsc(OCCNC)n1. The molecule has 4 nitrogen and oxygen atoms in total. The maximum atomic E-state index is 5.36. The molecule has 1 N–H and O–H groups in total. The van der Waals surface area contributed by atoms with E-state index in [4.69, 9.17) is 4.74 Å². The van der Waals surface area contributed by atoms with E-state index in [0.29, 0.717) is 11.8 Å². The van der Waals surface area contributed by atoms with Crippen molar-refractivity contribution in [2.75, 3.05) is 20.2 Å². The number of hydrogen-bond donors (Lipinski definition) is 1. The maximum absolute atomic E-state index is 5.36. The van der Waals surface area contributed by atoms with Gasteiger partial charge in [-0.1, -0.05) is 6.92 Å². The van der Waals surface area contributed by atoms with E-state index >= 15 is 0 Å². The predicted octanol–water partition coefficient (Wildman–Crippen LogP) is 1.09. The molecule has 0 bridgehead atoms. The monoisotopic (exact) mass is 201 g/mol. The molecule has 0 aliphatic rings. The minimum absolute atomic E-state index is 0.650. The molecule has 0 amide bonds. The molecule has 0 aliphatic heterocycles. The summed E-state index contributed by atoms with van der Waals surface area (Å²) in [5.41, 5.74) is 0. The molecule has 0 aliphatic carbocycles. The topological polar surface area (TPSA) is 47.0 Å². The van der Waals surface area contributed by atoms with E-state index in [0.717, 1.165) is 25.2 Å². The Hall–Kier alpha value is -0.680. The first-order valence-corrected chi connectivity index (χ1v) is 5.24. The van der Waals surface area contributed by atoms with Crippen molar-refractivity contribution in [3.8, 4) is 5.19 Å². The van der Waals surface area contributed by atoms with Gasteiger partial charge in [0.2, 0.25) is 0 Å². The molecule has 0 saturated heterocycles. The second-order valence-electron chi connectivity index (χ2n) is 2.68. The highest BCUT2D eigenvalue weighted by molar-refractivity contribution is 7.07. The number of aromatic nitrogens is 2. The molecule has 1 aromatic heterocycles. The zero-order valence-corrected chi connectivity index (χ0v) is 8.86. The highest BCUT2D eigenvalue weighted by Crippen LogP contribution is 2.14. The van der Waals surface area contributed by atoms with Gasteiger partial charge in [-0.25, -0.2) is 0 Å². The normalized spacial score (nSPS) is 10.3. The Morgan fingerprint density at radius 3 is 3.08 bits per heavy atom. The quantitative estimate of drug-likeness (QED) is 0.700. The van der Waals surface area contributed by atoms with Crippen molar-refractivity contribution in [3.05, 3.63) is 5.82 Å². The predicted molar refractivity (Wildman–Crippen MR) is 53.3 cm³/mol. The van der Waals surface area contributed by atoms with Crippen molar-refractivity contribution in [2.45, 2.75) is 19.8 Å². The van der Waals surface area contributed by atoms with Gasteiger partial charge < -0.3 is 10.1 Å². The van der Waals surface area contributed by atoms with E-state index in [9.17, 15) is 0 Å². The molecular formula is C8H15N3OS. The number of hydrogen-bond acceptors (Lipinski definition) is 5. The van der Waals surface area contributed by atoms with Gasteiger partial charge in [0, 0.05) is 24.5 Å². The van der Waals surface area contributed by atoms with E-state index in [2.05, 4.69) is 21.6 Å². The van der Waals surface area contributed by atoms with Gasteiger partial charge in [0.25, 0.3) is 5.19 Å². The second kappa shape index (κ2) is 5.88. The minimum atomic E-state index is 0.650. The highest BCUT2D eigenvalue weighted by Gasteiger charge is 2.02. The Labute approximate surface area is 82.5 Å². The van der Waals surface area contributed by atoms with Crippen molar-refractivity contribution in [3.63, 3.8) is 0 Å². The Bertz CT molecular complexity index is 239. The van der Waals surface area contributed by atoms with Crippen molar-refractivity contribution in [1.82, 2.24) is 14.7 Å². The van der Waals surface area contributed by atoms with Gasteiger partial charge >= 0.3 is 0 Å². The first-order valence-electron chi connectivity index (χ1n) is 4.46. The first-order chi connectivity index (χ1) is 6.36. The lowest BCUT2D eigenvalue weighted by molar-refractivity contribution is 0.316. The lowest BCUT2D eigenvalue weighted by Crippen LogP contribution is -2.15. The number of rotatable bonds is 6. The first kappa shape index (κ1) is 10.4. The third-order valence-electron chi connectivity index (χ3n) is 1.50. The number of likely N-dealkylation sites (N-methyl/N-ethyl adjacent to an activating group) is 1. The fourth-order valence-electron chi connectivity index (χ4n) is 0.862. The molecular weight excluding hydrogens is 186 g/mol. The van der Waals surface area contributed by atoms with Gasteiger partial charge in [-0.2, -0.15) is 9.36 Å². The molecule has 1 rings (SSSR count). The van der Waals surface area contributed by atoms with Crippen LogP contribution >= 0.6 is 11.5 Å². The smallest absolute Gasteiger partial charge is 0.293 e. The van der Waals surface area contributed by atoms with Crippen LogP contribution in [0.2, 0.25) is 0 Å². The van der Waals surface area contributed by atoms with E-state index < -0.39 is 0 Å². The van der Waals surface area contributed by atoms with Gasteiger partial charge in [-0.3, -0.25) is 0 Å². The molecule has 0 spiro atoms. The van der Waals surface area contributed by atoms with Crippen LogP contribution in [-0.4, -0.2) is 29.6 Å². The summed E-state index contributed by atoms with van der Waals surface area (Å²) in [6.07, 6.45) is 2.01. The number of nitrogens with one attached hydrogen (secondary N) is 1. The fourth-order valence-corrected chi connectivity index (χ4v) is 1.46. The average molecular weight is 201 g/mol. The Morgan fingerprint density at radius 2 is 2.38 bits per heavy atom. The fraction of sp³-hybridized carbons (Fsp3) is 0.750. The largest absolute Gasteiger partial charge is 0.468 e. The van der Waals surface area contributed by atoms with E-state index in [1.807, 2.05) is 7.05 Å². The lowest BCUT2D eigenvalue weighted by Gasteiger charge is -1.98. The number of ether oxygens (including phenoxy) is 1. The van der Waals surface area contributed by atoms with Crippen LogP contribution in [0.25, 0.3) is 0 Å². The van der Waals surface area contributed by atoms with Crippen LogP contribution in [0.3, 0.4) is 0 Å². The third kappa shape index (κ3) is 3.69. The molecule has 0 atom stereocenters. The molecule has 74 valence electrons. The number of aryl methyl sites for hydroxylation is 1. The summed E-state index contributed by atoms with van der Waals surface area (Å²) < 4.78 is 9.53. The molecule has 0 saturated carbocycles. The van der Waals surface area contributed by atoms with Crippen LogP contribution in [0.5, 0.6) is 5.19 Å². The zero-order valence-electron chi connectivity index (χ0n) is 8.04. The standard InChI is InChI=1S/C8H15N3OS/c1-3-4-7-10-8(13-11-7)12-6-5-9-2/h9H,3-6H2,1-2H3. The molecule has 1 aromatic rings. The van der Waals surface area contributed by atoms with E-state index in [1.54, 1.807) is 0 Å². The van der Waals surface area contributed by atoms with Gasteiger partial charge in [0.1, 0.15) is 12.4 Å². The van der Waals surface area contributed by atoms with Crippen molar-refractivity contribution in [2.24, 2.45) is 0 Å². The van der Waals surface area contributed by atoms with Crippen LogP contribution < -0.4 is 10.1 Å².